The average molecular weight is 460 g/mol. The van der Waals surface area contributed by atoms with Crippen LogP contribution in [0.2, 0.25) is 0 Å². The molecular weight excluding hydrogens is 444 g/mol. The van der Waals surface area contributed by atoms with Gasteiger partial charge in [0.2, 0.25) is 17.6 Å². The van der Waals surface area contributed by atoms with Crippen LogP contribution in [0, 0.1) is 10.1 Å². The number of hydrogen-bond acceptors (Lipinski definition) is 7. The number of carbonyl (C=O) groups is 4. The summed E-state index contributed by atoms with van der Waals surface area (Å²) in [6.45, 7) is 1.18. The van der Waals surface area contributed by atoms with E-state index in [-0.39, 0.29) is 28.7 Å². The molecule has 0 bridgehead atoms. The number of benzene rings is 2. The fourth-order valence-corrected chi connectivity index (χ4v) is 3.43. The van der Waals surface area contributed by atoms with E-state index in [1.807, 2.05) is 0 Å². The smallest absolute Gasteiger partial charge is 0.349 e. The van der Waals surface area contributed by atoms with E-state index in [0.29, 0.717) is 5.56 Å². The van der Waals surface area contributed by atoms with Gasteiger partial charge in [-0.05, 0) is 23.8 Å². The molecule has 0 aromatic heterocycles. The van der Waals surface area contributed by atoms with Crippen LogP contribution in [0.15, 0.2) is 71.0 Å². The van der Waals surface area contributed by atoms with Crippen molar-refractivity contribution in [3.05, 3.63) is 87.2 Å². The van der Waals surface area contributed by atoms with Gasteiger partial charge in [-0.25, -0.2) is 4.79 Å². The van der Waals surface area contributed by atoms with Crippen molar-refractivity contribution in [2.24, 2.45) is 4.99 Å². The summed E-state index contributed by atoms with van der Waals surface area (Å²) in [6.07, 6.45) is 2.36. The minimum Gasteiger partial charge on any atom is -0.422 e. The number of guanidine groups is 1. The summed E-state index contributed by atoms with van der Waals surface area (Å²) in [7, 11) is 1.46. The van der Waals surface area contributed by atoms with Gasteiger partial charge in [-0.15, -0.1) is 0 Å². The largest absolute Gasteiger partial charge is 0.422 e. The summed E-state index contributed by atoms with van der Waals surface area (Å²) in [5.41, 5.74) is -0.0927. The highest BCUT2D eigenvalue weighted by atomic mass is 16.6. The molecule has 4 rings (SSSR count). The molecule has 1 saturated heterocycles. The number of para-hydroxylation sites is 1. The lowest BCUT2D eigenvalue weighted by Crippen LogP contribution is -2.33. The third-order valence-electron chi connectivity index (χ3n) is 5.01. The lowest BCUT2D eigenvalue weighted by atomic mass is 10.0. The van der Waals surface area contributed by atoms with Gasteiger partial charge < -0.3 is 9.64 Å². The van der Waals surface area contributed by atoms with Gasteiger partial charge in [-0.2, -0.15) is 4.99 Å². The maximum absolute atomic E-state index is 13.2. The number of amides is 2. The first-order valence-electron chi connectivity index (χ1n) is 9.88. The number of likely N-dealkylation sites (N-methyl/N-ethyl adjacent to an activating group) is 1. The van der Waals surface area contributed by atoms with Crippen molar-refractivity contribution in [2.45, 2.75) is 6.92 Å². The molecule has 170 valence electrons. The standard InChI is InChI=1S/C23H16N4O7/c1-13(28)24-23-25(2)18(11-14-6-5-7-15(10-14)27(32)33)21(30)26(23)12-17-20(29)16-8-3-4-9-19(16)34-22(17)31/h3-12H,1-2H3/b17-12?,18-11-,24-23?. The number of nitro benzene ring substituents is 1. The summed E-state index contributed by atoms with van der Waals surface area (Å²) < 4.78 is 5.20. The van der Waals surface area contributed by atoms with Gasteiger partial charge in [-0.1, -0.05) is 24.3 Å². The number of hydrogen-bond donors (Lipinski definition) is 0. The van der Waals surface area contributed by atoms with Crippen LogP contribution in [-0.2, 0) is 14.4 Å². The summed E-state index contributed by atoms with van der Waals surface area (Å²) in [4.78, 5) is 66.9. The second-order valence-electron chi connectivity index (χ2n) is 7.30. The second kappa shape index (κ2) is 8.54. The van der Waals surface area contributed by atoms with Crippen LogP contribution in [0.25, 0.3) is 6.08 Å². The molecule has 2 heterocycles. The Kier molecular flexibility index (Phi) is 5.60. The van der Waals surface area contributed by atoms with E-state index in [9.17, 15) is 29.3 Å². The van der Waals surface area contributed by atoms with E-state index < -0.39 is 34.1 Å². The van der Waals surface area contributed by atoms with Gasteiger partial charge in [0.1, 0.15) is 17.0 Å². The van der Waals surface area contributed by atoms with Crippen molar-refractivity contribution in [1.29, 1.82) is 0 Å². The number of esters is 1. The molecule has 1 fully saturated rings. The lowest BCUT2D eigenvalue weighted by Gasteiger charge is -2.19. The molecule has 34 heavy (non-hydrogen) atoms. The van der Waals surface area contributed by atoms with Crippen LogP contribution in [0.4, 0.5) is 5.69 Å². The Morgan fingerprint density at radius 2 is 1.85 bits per heavy atom. The number of carbonyl (C=O) groups excluding carboxylic acids is 4. The molecule has 11 heteroatoms. The molecule has 0 unspecified atom stereocenters. The van der Waals surface area contributed by atoms with Crippen LogP contribution in [0.1, 0.15) is 22.8 Å². The number of ketones is 1. The summed E-state index contributed by atoms with van der Waals surface area (Å²) in [5, 5.41) is 11.1. The fourth-order valence-electron chi connectivity index (χ4n) is 3.43. The first-order valence-corrected chi connectivity index (χ1v) is 9.88. The Hall–Kier alpha value is -4.93. The Labute approximate surface area is 192 Å². The average Bonchev–Trinajstić information content (AvgIpc) is 3.00. The molecule has 0 radical (unpaired) electrons. The van der Waals surface area contributed by atoms with Gasteiger partial charge in [-0.3, -0.25) is 29.4 Å². The van der Waals surface area contributed by atoms with Gasteiger partial charge >= 0.3 is 5.97 Å². The Balaban J connectivity index is 1.79. The molecule has 2 amide bonds. The zero-order valence-electron chi connectivity index (χ0n) is 17.9. The Morgan fingerprint density at radius 3 is 2.56 bits per heavy atom. The molecule has 2 aromatic carbocycles. The number of non-ortho nitro benzene ring substituents is 1. The van der Waals surface area contributed by atoms with Crippen molar-refractivity contribution >= 4 is 41.3 Å². The van der Waals surface area contributed by atoms with E-state index in [1.165, 1.54) is 55.3 Å². The normalized spacial score (nSPS) is 19.1. The van der Waals surface area contributed by atoms with Crippen LogP contribution in [0.3, 0.4) is 0 Å². The second-order valence-corrected chi connectivity index (χ2v) is 7.30. The Morgan fingerprint density at radius 1 is 1.12 bits per heavy atom. The number of aliphatic imine (C=N–C) groups is 1. The quantitative estimate of drug-likeness (QED) is 0.170. The van der Waals surface area contributed by atoms with E-state index in [4.69, 9.17) is 4.74 Å². The van der Waals surface area contributed by atoms with Crippen molar-refractivity contribution in [2.75, 3.05) is 7.05 Å². The van der Waals surface area contributed by atoms with Gasteiger partial charge in [0.15, 0.2) is 0 Å². The molecule has 2 aliphatic rings. The zero-order valence-corrected chi connectivity index (χ0v) is 17.9. The maximum atomic E-state index is 13.2. The minimum atomic E-state index is -0.961. The first-order chi connectivity index (χ1) is 16.2. The third kappa shape index (κ3) is 3.97. The molecule has 0 N–H and O–H groups in total. The molecule has 2 aliphatic heterocycles. The molecule has 0 spiro atoms. The molecular formula is C23H16N4O7. The van der Waals surface area contributed by atoms with Crippen molar-refractivity contribution in [3.8, 4) is 5.75 Å². The van der Waals surface area contributed by atoms with Crippen LogP contribution in [-0.4, -0.2) is 51.3 Å². The maximum Gasteiger partial charge on any atom is 0.349 e. The van der Waals surface area contributed by atoms with Gasteiger partial charge in [0.05, 0.1) is 10.5 Å². The molecule has 2 aromatic rings. The molecule has 11 nitrogen and oxygen atoms in total. The number of rotatable bonds is 3. The van der Waals surface area contributed by atoms with E-state index in [1.54, 1.807) is 18.2 Å². The number of Topliss-reactive ketones (excluding diaryl/α,β-unsaturated/α-hetero) is 1. The number of nitro groups is 1. The number of fused-ring (bicyclic) bond motifs is 1. The number of nitrogens with zero attached hydrogens (tertiary/aromatic N) is 4. The van der Waals surface area contributed by atoms with Crippen molar-refractivity contribution in [1.82, 2.24) is 9.80 Å². The first kappa shape index (κ1) is 22.3. The predicted molar refractivity (Wildman–Crippen MR) is 118 cm³/mol. The summed E-state index contributed by atoms with van der Waals surface area (Å²) in [5.74, 6) is -3.00. The van der Waals surface area contributed by atoms with E-state index in [2.05, 4.69) is 4.99 Å². The lowest BCUT2D eigenvalue weighted by molar-refractivity contribution is -0.384. The van der Waals surface area contributed by atoms with Crippen molar-refractivity contribution < 1.29 is 28.8 Å². The summed E-state index contributed by atoms with van der Waals surface area (Å²) in [6, 6.07) is 11.8. The SMILES string of the molecule is CC(=O)N=C1N(C=C2C(=O)Oc3ccccc3C2=O)C(=O)/C(=C/c2cccc([N+](=O)[O-])c2)N1C. The minimum absolute atomic E-state index is 0.00868. The fraction of sp³-hybridized carbons (Fsp3) is 0.0870. The predicted octanol–water partition coefficient (Wildman–Crippen LogP) is 2.30. The zero-order chi connectivity index (χ0) is 24.6. The molecule has 0 saturated carbocycles. The highest BCUT2D eigenvalue weighted by Crippen LogP contribution is 2.30. The van der Waals surface area contributed by atoms with Crippen molar-refractivity contribution in [3.63, 3.8) is 0 Å². The molecule has 0 aliphatic carbocycles. The van der Waals surface area contributed by atoms with E-state index >= 15 is 0 Å². The highest BCUT2D eigenvalue weighted by molar-refractivity contribution is 6.28. The summed E-state index contributed by atoms with van der Waals surface area (Å²) >= 11 is 0. The highest BCUT2D eigenvalue weighted by Gasteiger charge is 2.39. The van der Waals surface area contributed by atoms with E-state index in [0.717, 1.165) is 11.1 Å². The Bertz CT molecular complexity index is 1370. The van der Waals surface area contributed by atoms with Crippen LogP contribution in [0.5, 0.6) is 5.75 Å². The van der Waals surface area contributed by atoms with Crippen LogP contribution >= 0.6 is 0 Å². The number of ether oxygens (including phenoxy) is 1. The third-order valence-corrected chi connectivity index (χ3v) is 5.01. The topological polar surface area (TPSA) is 139 Å². The molecule has 0 atom stereocenters. The van der Waals surface area contributed by atoms with Gasteiger partial charge in [0.25, 0.3) is 11.6 Å². The van der Waals surface area contributed by atoms with Gasteiger partial charge in [0, 0.05) is 32.3 Å². The van der Waals surface area contributed by atoms with Crippen LogP contribution < -0.4 is 4.74 Å². The monoisotopic (exact) mass is 460 g/mol.